The van der Waals surface area contributed by atoms with E-state index in [9.17, 15) is 0 Å². The monoisotopic (exact) mass is 289 g/mol. The third kappa shape index (κ3) is 2.70. The molecule has 1 aliphatic heterocycles. The van der Waals surface area contributed by atoms with Crippen molar-refractivity contribution in [1.29, 1.82) is 0 Å². The number of rotatable bonds is 4. The van der Waals surface area contributed by atoms with Crippen LogP contribution in [0.25, 0.3) is 0 Å². The minimum absolute atomic E-state index is 0.318. The zero-order valence-electron chi connectivity index (χ0n) is 13.3. The van der Waals surface area contributed by atoms with E-state index in [1.165, 1.54) is 0 Å². The Kier molecular flexibility index (Phi) is 3.55. The second kappa shape index (κ2) is 5.01. The van der Waals surface area contributed by atoms with Crippen LogP contribution in [0.3, 0.4) is 0 Å². The molecular formula is C16H24BNO3. The van der Waals surface area contributed by atoms with Gasteiger partial charge in [-0.05, 0) is 40.5 Å². The highest BCUT2D eigenvalue weighted by atomic mass is 16.7. The van der Waals surface area contributed by atoms with Crippen LogP contribution in [0.5, 0.6) is 5.75 Å². The Morgan fingerprint density at radius 1 is 1.19 bits per heavy atom. The normalized spacial score (nSPS) is 23.4. The van der Waals surface area contributed by atoms with Gasteiger partial charge in [-0.3, -0.25) is 0 Å². The van der Waals surface area contributed by atoms with Gasteiger partial charge in [-0.2, -0.15) is 0 Å². The van der Waals surface area contributed by atoms with Gasteiger partial charge in [-0.25, -0.2) is 0 Å². The van der Waals surface area contributed by atoms with E-state index in [0.717, 1.165) is 29.6 Å². The quantitative estimate of drug-likeness (QED) is 0.861. The summed E-state index contributed by atoms with van der Waals surface area (Å²) in [6, 6.07) is 6.01. The van der Waals surface area contributed by atoms with E-state index in [2.05, 4.69) is 27.7 Å². The van der Waals surface area contributed by atoms with Crippen LogP contribution < -0.4 is 15.9 Å². The Morgan fingerprint density at radius 2 is 1.81 bits per heavy atom. The third-order valence-electron chi connectivity index (χ3n) is 4.66. The van der Waals surface area contributed by atoms with E-state index in [1.54, 1.807) is 0 Å². The van der Waals surface area contributed by atoms with E-state index < -0.39 is 7.12 Å². The molecule has 0 unspecified atom stereocenters. The average Bonchev–Trinajstić information content (AvgIpc) is 3.17. The summed E-state index contributed by atoms with van der Waals surface area (Å²) in [7, 11) is -0.407. The lowest BCUT2D eigenvalue weighted by atomic mass is 9.77. The van der Waals surface area contributed by atoms with Gasteiger partial charge < -0.3 is 19.8 Å². The van der Waals surface area contributed by atoms with Crippen molar-refractivity contribution in [2.75, 3.05) is 0 Å². The van der Waals surface area contributed by atoms with Gasteiger partial charge in [-0.15, -0.1) is 0 Å². The number of benzene rings is 1. The average molecular weight is 289 g/mol. The van der Waals surface area contributed by atoms with Crippen molar-refractivity contribution in [2.45, 2.75) is 64.4 Å². The molecule has 0 amide bonds. The first kappa shape index (κ1) is 14.9. The zero-order chi connectivity index (χ0) is 15.3. The lowest BCUT2D eigenvalue weighted by Crippen LogP contribution is -2.41. The summed E-state index contributed by atoms with van der Waals surface area (Å²) in [6.07, 6.45) is 2.54. The predicted octanol–water partition coefficient (Wildman–Crippen LogP) is 1.99. The molecule has 2 aliphatic rings. The Hall–Kier alpha value is -1.04. The molecule has 4 nitrogen and oxygen atoms in total. The molecule has 2 fully saturated rings. The fourth-order valence-corrected chi connectivity index (χ4v) is 2.42. The summed E-state index contributed by atoms with van der Waals surface area (Å²) in [4.78, 5) is 0. The molecule has 1 saturated heterocycles. The first-order chi connectivity index (χ1) is 9.84. The standard InChI is InChI=1S/C16H24BNO3/c1-15(2)16(3,4)21-17(20-15)13-7-5-6-11(10-18)14(13)19-12-8-9-12/h5-7,12H,8-10,18H2,1-4H3. The number of nitrogens with two attached hydrogens (primary N) is 1. The van der Waals surface area contributed by atoms with Crippen LogP contribution in [-0.4, -0.2) is 24.4 Å². The summed E-state index contributed by atoms with van der Waals surface area (Å²) >= 11 is 0. The second-order valence-corrected chi connectivity index (χ2v) is 6.95. The fraction of sp³-hybridized carbons (Fsp3) is 0.625. The van der Waals surface area contributed by atoms with Crippen LogP contribution in [0.15, 0.2) is 18.2 Å². The maximum absolute atomic E-state index is 6.15. The van der Waals surface area contributed by atoms with Crippen molar-refractivity contribution in [3.63, 3.8) is 0 Å². The van der Waals surface area contributed by atoms with E-state index in [1.807, 2.05) is 18.2 Å². The Bertz CT molecular complexity index is 524. The van der Waals surface area contributed by atoms with Crippen molar-refractivity contribution >= 4 is 12.6 Å². The van der Waals surface area contributed by atoms with Crippen LogP contribution >= 0.6 is 0 Å². The van der Waals surface area contributed by atoms with Crippen molar-refractivity contribution in [1.82, 2.24) is 0 Å². The van der Waals surface area contributed by atoms with Gasteiger partial charge in [0.05, 0.1) is 17.3 Å². The van der Waals surface area contributed by atoms with Gasteiger partial charge in [0.2, 0.25) is 0 Å². The Balaban J connectivity index is 1.95. The molecule has 0 aromatic heterocycles. The maximum atomic E-state index is 6.15. The van der Waals surface area contributed by atoms with E-state index in [4.69, 9.17) is 19.8 Å². The molecule has 3 rings (SSSR count). The molecule has 5 heteroatoms. The van der Waals surface area contributed by atoms with Gasteiger partial charge >= 0.3 is 7.12 Å². The highest BCUT2D eigenvalue weighted by Crippen LogP contribution is 2.38. The van der Waals surface area contributed by atoms with E-state index >= 15 is 0 Å². The molecule has 0 atom stereocenters. The van der Waals surface area contributed by atoms with Gasteiger partial charge in [0, 0.05) is 17.6 Å². The Labute approximate surface area is 127 Å². The van der Waals surface area contributed by atoms with Crippen LogP contribution in [0.2, 0.25) is 0 Å². The predicted molar refractivity (Wildman–Crippen MR) is 83.7 cm³/mol. The van der Waals surface area contributed by atoms with E-state index in [0.29, 0.717) is 12.6 Å². The molecule has 0 bridgehead atoms. The van der Waals surface area contributed by atoms with E-state index in [-0.39, 0.29) is 11.2 Å². The van der Waals surface area contributed by atoms with Gasteiger partial charge in [-0.1, -0.05) is 18.2 Å². The number of hydrogen-bond donors (Lipinski definition) is 1. The highest BCUT2D eigenvalue weighted by molar-refractivity contribution is 6.63. The molecule has 1 aromatic rings. The van der Waals surface area contributed by atoms with Gasteiger partial charge in [0.25, 0.3) is 0 Å². The number of ether oxygens (including phenoxy) is 1. The SMILES string of the molecule is CC1(C)OB(c2cccc(CN)c2OC2CC2)OC1(C)C. The summed E-state index contributed by atoms with van der Waals surface area (Å²) in [5.41, 5.74) is 7.11. The molecule has 1 heterocycles. The molecule has 0 radical (unpaired) electrons. The van der Waals surface area contributed by atoms with Crippen LogP contribution in [0.4, 0.5) is 0 Å². The van der Waals surface area contributed by atoms with Crippen molar-refractivity contribution in [2.24, 2.45) is 5.73 Å². The second-order valence-electron chi connectivity index (χ2n) is 6.95. The minimum atomic E-state index is -0.407. The molecular weight excluding hydrogens is 265 g/mol. The third-order valence-corrected chi connectivity index (χ3v) is 4.66. The molecule has 21 heavy (non-hydrogen) atoms. The topological polar surface area (TPSA) is 53.7 Å². The zero-order valence-corrected chi connectivity index (χ0v) is 13.3. The van der Waals surface area contributed by atoms with Crippen molar-refractivity contribution in [3.8, 4) is 5.75 Å². The summed E-state index contributed by atoms with van der Waals surface area (Å²) in [6.45, 7) is 8.68. The first-order valence-corrected chi connectivity index (χ1v) is 7.68. The largest absolute Gasteiger partial charge is 0.498 e. The Morgan fingerprint density at radius 3 is 2.33 bits per heavy atom. The fourth-order valence-electron chi connectivity index (χ4n) is 2.42. The van der Waals surface area contributed by atoms with Crippen LogP contribution in [0, 0.1) is 0 Å². The van der Waals surface area contributed by atoms with Crippen LogP contribution in [-0.2, 0) is 15.9 Å². The van der Waals surface area contributed by atoms with Gasteiger partial charge in [0.1, 0.15) is 5.75 Å². The lowest BCUT2D eigenvalue weighted by molar-refractivity contribution is 0.00578. The van der Waals surface area contributed by atoms with Crippen molar-refractivity contribution in [3.05, 3.63) is 23.8 Å². The maximum Gasteiger partial charge on any atom is 0.498 e. The molecule has 1 aliphatic carbocycles. The van der Waals surface area contributed by atoms with Crippen molar-refractivity contribution < 1.29 is 14.0 Å². The minimum Gasteiger partial charge on any atom is -0.490 e. The summed E-state index contributed by atoms with van der Waals surface area (Å²) in [5, 5.41) is 0. The molecule has 1 aromatic carbocycles. The molecule has 114 valence electrons. The van der Waals surface area contributed by atoms with Crippen LogP contribution in [0.1, 0.15) is 46.1 Å². The molecule has 1 saturated carbocycles. The summed E-state index contributed by atoms with van der Waals surface area (Å²) in [5.74, 6) is 0.848. The lowest BCUT2D eigenvalue weighted by Gasteiger charge is -2.32. The first-order valence-electron chi connectivity index (χ1n) is 7.68. The highest BCUT2D eigenvalue weighted by Gasteiger charge is 2.52. The molecule has 2 N–H and O–H groups in total. The molecule has 0 spiro atoms. The summed E-state index contributed by atoms with van der Waals surface area (Å²) < 4.78 is 18.4. The number of para-hydroxylation sites is 1. The smallest absolute Gasteiger partial charge is 0.490 e. The van der Waals surface area contributed by atoms with Gasteiger partial charge in [0.15, 0.2) is 0 Å². The number of hydrogen-bond acceptors (Lipinski definition) is 4.